The van der Waals surface area contributed by atoms with Crippen molar-refractivity contribution in [2.45, 2.75) is 31.0 Å². The van der Waals surface area contributed by atoms with E-state index >= 15 is 0 Å². The van der Waals surface area contributed by atoms with Gasteiger partial charge in [-0.15, -0.1) is 0 Å². The molecular formula is C14H18BrN3O2S. The van der Waals surface area contributed by atoms with Crippen LogP contribution in [0.25, 0.3) is 0 Å². The van der Waals surface area contributed by atoms with Crippen LogP contribution in [-0.2, 0) is 23.0 Å². The van der Waals surface area contributed by atoms with Gasteiger partial charge in [0.05, 0.1) is 6.33 Å². The summed E-state index contributed by atoms with van der Waals surface area (Å²) in [5, 5.41) is 0.596. The number of aryl methyl sites for hydroxylation is 1. The zero-order valence-electron chi connectivity index (χ0n) is 11.7. The van der Waals surface area contributed by atoms with E-state index < -0.39 is 10.0 Å². The first-order valence-corrected chi connectivity index (χ1v) is 9.29. The molecular weight excluding hydrogens is 354 g/mol. The van der Waals surface area contributed by atoms with Crippen LogP contribution in [0.5, 0.6) is 0 Å². The fourth-order valence-electron chi connectivity index (χ4n) is 1.96. The Labute approximate surface area is 133 Å². The number of alkyl halides is 1. The van der Waals surface area contributed by atoms with Crippen LogP contribution in [0.4, 0.5) is 0 Å². The Morgan fingerprint density at radius 1 is 1.33 bits per heavy atom. The number of nitrogens with zero attached hydrogens (tertiary/aromatic N) is 2. The summed E-state index contributed by atoms with van der Waals surface area (Å²) in [5.41, 5.74) is 1.09. The van der Waals surface area contributed by atoms with E-state index in [2.05, 4.69) is 25.6 Å². The molecule has 1 atom stereocenters. The maximum atomic E-state index is 12.3. The van der Waals surface area contributed by atoms with E-state index in [9.17, 15) is 8.42 Å². The lowest BCUT2D eigenvalue weighted by atomic mass is 10.1. The number of aromatic nitrogens is 2. The SMILES string of the molecule is CCn1cnc(S(=O)(=O)NC(CBr)Cc2ccccc2)c1. The Morgan fingerprint density at radius 2 is 2.05 bits per heavy atom. The van der Waals surface area contributed by atoms with Crippen molar-refractivity contribution in [3.05, 3.63) is 48.4 Å². The Bertz CT molecular complexity index is 671. The van der Waals surface area contributed by atoms with Gasteiger partial charge in [-0.2, -0.15) is 0 Å². The van der Waals surface area contributed by atoms with Crippen LogP contribution < -0.4 is 4.72 Å². The summed E-state index contributed by atoms with van der Waals surface area (Å²) >= 11 is 3.36. The molecule has 0 radical (unpaired) electrons. The Kier molecular flexibility index (Phi) is 5.55. The molecule has 1 unspecified atom stereocenters. The Morgan fingerprint density at radius 3 is 2.62 bits per heavy atom. The molecule has 1 aromatic carbocycles. The number of imidazole rings is 1. The molecule has 0 aliphatic heterocycles. The van der Waals surface area contributed by atoms with Gasteiger partial charge in [0, 0.05) is 24.1 Å². The Hall–Kier alpha value is -1.18. The van der Waals surface area contributed by atoms with Crippen LogP contribution >= 0.6 is 15.9 Å². The third-order valence-corrected chi connectivity index (χ3v) is 5.27. The van der Waals surface area contributed by atoms with E-state index in [1.54, 1.807) is 4.57 Å². The van der Waals surface area contributed by atoms with E-state index in [0.29, 0.717) is 18.3 Å². The quantitative estimate of drug-likeness (QED) is 0.758. The molecule has 0 saturated carbocycles. The van der Waals surface area contributed by atoms with Gasteiger partial charge in [0.15, 0.2) is 5.03 Å². The van der Waals surface area contributed by atoms with Gasteiger partial charge in [0.2, 0.25) is 0 Å². The first-order chi connectivity index (χ1) is 10.0. The van der Waals surface area contributed by atoms with Gasteiger partial charge in [-0.1, -0.05) is 46.3 Å². The zero-order chi connectivity index (χ0) is 15.3. The van der Waals surface area contributed by atoms with Crippen LogP contribution in [0.3, 0.4) is 0 Å². The fourth-order valence-corrected chi connectivity index (χ4v) is 3.75. The second-order valence-electron chi connectivity index (χ2n) is 4.70. The normalized spacial score (nSPS) is 13.2. The van der Waals surface area contributed by atoms with E-state index in [1.807, 2.05) is 37.3 Å². The van der Waals surface area contributed by atoms with Crippen molar-refractivity contribution >= 4 is 26.0 Å². The molecule has 2 rings (SSSR count). The third kappa shape index (κ3) is 4.39. The number of benzene rings is 1. The lowest BCUT2D eigenvalue weighted by molar-refractivity contribution is 0.559. The molecule has 0 aliphatic rings. The van der Waals surface area contributed by atoms with Gasteiger partial charge < -0.3 is 4.57 Å². The van der Waals surface area contributed by atoms with Crippen molar-refractivity contribution in [2.24, 2.45) is 0 Å². The average molecular weight is 372 g/mol. The van der Waals surface area contributed by atoms with E-state index in [-0.39, 0.29) is 11.1 Å². The van der Waals surface area contributed by atoms with Crippen molar-refractivity contribution in [3.63, 3.8) is 0 Å². The molecule has 0 amide bonds. The van der Waals surface area contributed by atoms with Crippen LogP contribution in [0.1, 0.15) is 12.5 Å². The topological polar surface area (TPSA) is 64.0 Å². The van der Waals surface area contributed by atoms with E-state index in [0.717, 1.165) is 5.56 Å². The summed E-state index contributed by atoms with van der Waals surface area (Å²) in [4.78, 5) is 3.95. The Balaban J connectivity index is 2.10. The average Bonchev–Trinajstić information content (AvgIpc) is 2.97. The maximum absolute atomic E-state index is 12.3. The number of hydrogen-bond acceptors (Lipinski definition) is 3. The van der Waals surface area contributed by atoms with Crippen LogP contribution in [0.2, 0.25) is 0 Å². The predicted molar refractivity (Wildman–Crippen MR) is 86.0 cm³/mol. The van der Waals surface area contributed by atoms with Gasteiger partial charge in [-0.3, -0.25) is 0 Å². The van der Waals surface area contributed by atoms with Crippen molar-refractivity contribution in [2.75, 3.05) is 5.33 Å². The monoisotopic (exact) mass is 371 g/mol. The largest absolute Gasteiger partial charge is 0.336 e. The molecule has 114 valence electrons. The van der Waals surface area contributed by atoms with Gasteiger partial charge in [-0.05, 0) is 18.9 Å². The molecule has 1 aromatic heterocycles. The lowest BCUT2D eigenvalue weighted by Crippen LogP contribution is -2.37. The molecule has 5 nitrogen and oxygen atoms in total. The highest BCUT2D eigenvalue weighted by Gasteiger charge is 2.22. The summed E-state index contributed by atoms with van der Waals surface area (Å²) in [5.74, 6) is 0. The first kappa shape index (κ1) is 16.2. The highest BCUT2D eigenvalue weighted by molar-refractivity contribution is 9.09. The molecule has 0 bridgehead atoms. The highest BCUT2D eigenvalue weighted by Crippen LogP contribution is 2.10. The first-order valence-electron chi connectivity index (χ1n) is 6.69. The van der Waals surface area contributed by atoms with Gasteiger partial charge >= 0.3 is 0 Å². The molecule has 0 spiro atoms. The molecule has 1 heterocycles. The lowest BCUT2D eigenvalue weighted by Gasteiger charge is -2.15. The number of halogens is 1. The second-order valence-corrected chi connectivity index (χ2v) is 7.01. The van der Waals surface area contributed by atoms with Gasteiger partial charge in [0.25, 0.3) is 10.0 Å². The number of rotatable bonds is 7. The smallest absolute Gasteiger partial charge is 0.259 e. The second kappa shape index (κ2) is 7.20. The molecule has 0 aliphatic carbocycles. The number of hydrogen-bond donors (Lipinski definition) is 1. The molecule has 0 fully saturated rings. The molecule has 2 aromatic rings. The molecule has 0 saturated heterocycles. The number of nitrogens with one attached hydrogen (secondary N) is 1. The van der Waals surface area contributed by atoms with Crippen molar-refractivity contribution in [3.8, 4) is 0 Å². The summed E-state index contributed by atoms with van der Waals surface area (Å²) in [6.45, 7) is 2.62. The zero-order valence-corrected chi connectivity index (χ0v) is 14.1. The fraction of sp³-hybridized carbons (Fsp3) is 0.357. The summed E-state index contributed by atoms with van der Waals surface area (Å²) < 4.78 is 29.1. The maximum Gasteiger partial charge on any atom is 0.259 e. The van der Waals surface area contributed by atoms with Crippen LogP contribution in [0.15, 0.2) is 47.9 Å². The predicted octanol–water partition coefficient (Wildman–Crippen LogP) is 2.19. The van der Waals surface area contributed by atoms with Gasteiger partial charge in [0.1, 0.15) is 0 Å². The molecule has 7 heteroatoms. The van der Waals surface area contributed by atoms with Crippen molar-refractivity contribution in [1.29, 1.82) is 0 Å². The van der Waals surface area contributed by atoms with Crippen LogP contribution in [0, 0.1) is 0 Å². The van der Waals surface area contributed by atoms with Crippen LogP contribution in [-0.4, -0.2) is 29.3 Å². The standard InChI is InChI=1S/C14H18BrN3O2S/c1-2-18-10-14(16-11-18)21(19,20)17-13(9-15)8-12-6-4-3-5-7-12/h3-7,10-11,13,17H,2,8-9H2,1H3. The minimum absolute atomic E-state index is 0.0587. The van der Waals surface area contributed by atoms with Gasteiger partial charge in [-0.25, -0.2) is 18.1 Å². The summed E-state index contributed by atoms with van der Waals surface area (Å²) in [6.07, 6.45) is 3.69. The third-order valence-electron chi connectivity index (χ3n) is 3.08. The highest BCUT2D eigenvalue weighted by atomic mass is 79.9. The van der Waals surface area contributed by atoms with Crippen molar-refractivity contribution < 1.29 is 8.42 Å². The minimum Gasteiger partial charge on any atom is -0.336 e. The minimum atomic E-state index is -3.59. The summed E-state index contributed by atoms with van der Waals surface area (Å²) in [7, 11) is -3.59. The molecule has 1 N–H and O–H groups in total. The number of sulfonamides is 1. The summed E-state index contributed by atoms with van der Waals surface area (Å²) in [6, 6.07) is 9.57. The van der Waals surface area contributed by atoms with E-state index in [1.165, 1.54) is 12.5 Å². The van der Waals surface area contributed by atoms with Crippen molar-refractivity contribution in [1.82, 2.24) is 14.3 Å². The molecule has 21 heavy (non-hydrogen) atoms. The van der Waals surface area contributed by atoms with E-state index in [4.69, 9.17) is 0 Å².